The highest BCUT2D eigenvalue weighted by Gasteiger charge is 2.32. The standard InChI is InChI=1S/C8H15N3O/c1-3-8(4-2)5-6(12)10-7(9)11-8/h3-5H2,1-2H3,(H3,9,10,11,12). The second-order valence-corrected chi connectivity index (χ2v) is 3.15. The fourth-order valence-electron chi connectivity index (χ4n) is 1.47. The summed E-state index contributed by atoms with van der Waals surface area (Å²) in [5.41, 5.74) is 5.23. The van der Waals surface area contributed by atoms with Crippen LogP contribution in [-0.2, 0) is 4.79 Å². The van der Waals surface area contributed by atoms with Crippen molar-refractivity contribution in [3.8, 4) is 0 Å². The zero-order valence-corrected chi connectivity index (χ0v) is 7.55. The summed E-state index contributed by atoms with van der Waals surface area (Å²) in [5.74, 6) is 0.237. The topological polar surface area (TPSA) is 67.5 Å². The number of hydrogen-bond acceptors (Lipinski definition) is 3. The number of aliphatic imine (C=N–C) groups is 1. The molecule has 68 valence electrons. The molecular formula is C8H15N3O. The monoisotopic (exact) mass is 169 g/mol. The van der Waals surface area contributed by atoms with E-state index in [0.717, 1.165) is 12.8 Å². The van der Waals surface area contributed by atoms with Gasteiger partial charge in [-0.05, 0) is 12.8 Å². The molecule has 0 aromatic carbocycles. The van der Waals surface area contributed by atoms with Crippen LogP contribution in [0.4, 0.5) is 0 Å². The van der Waals surface area contributed by atoms with Gasteiger partial charge in [-0.3, -0.25) is 10.1 Å². The summed E-state index contributed by atoms with van der Waals surface area (Å²) in [4.78, 5) is 15.4. The Morgan fingerprint density at radius 1 is 1.58 bits per heavy atom. The summed E-state index contributed by atoms with van der Waals surface area (Å²) >= 11 is 0. The molecule has 1 amide bonds. The van der Waals surface area contributed by atoms with E-state index in [0.29, 0.717) is 6.42 Å². The van der Waals surface area contributed by atoms with Crippen molar-refractivity contribution in [2.75, 3.05) is 0 Å². The van der Waals surface area contributed by atoms with Crippen molar-refractivity contribution in [2.45, 2.75) is 38.6 Å². The molecule has 1 rings (SSSR count). The lowest BCUT2D eigenvalue weighted by Crippen LogP contribution is -2.48. The SMILES string of the molecule is CCC1(CC)CC(=O)NC(N)=N1. The van der Waals surface area contributed by atoms with Crippen molar-refractivity contribution in [1.82, 2.24) is 5.32 Å². The molecule has 1 aliphatic rings. The van der Waals surface area contributed by atoms with Crippen molar-refractivity contribution < 1.29 is 4.79 Å². The van der Waals surface area contributed by atoms with Gasteiger partial charge in [0, 0.05) is 0 Å². The first-order valence-corrected chi connectivity index (χ1v) is 4.27. The first kappa shape index (κ1) is 9.03. The number of rotatable bonds is 2. The third-order valence-electron chi connectivity index (χ3n) is 2.43. The summed E-state index contributed by atoms with van der Waals surface area (Å²) in [5, 5.41) is 2.49. The van der Waals surface area contributed by atoms with Gasteiger partial charge in [-0.25, -0.2) is 4.99 Å². The van der Waals surface area contributed by atoms with Crippen molar-refractivity contribution in [1.29, 1.82) is 0 Å². The van der Waals surface area contributed by atoms with Gasteiger partial charge in [0.1, 0.15) is 0 Å². The third-order valence-corrected chi connectivity index (χ3v) is 2.43. The fraction of sp³-hybridized carbons (Fsp3) is 0.750. The molecule has 0 aliphatic carbocycles. The van der Waals surface area contributed by atoms with Crippen molar-refractivity contribution >= 4 is 11.9 Å². The molecule has 0 aromatic heterocycles. The fourth-order valence-corrected chi connectivity index (χ4v) is 1.47. The molecule has 3 N–H and O–H groups in total. The van der Waals surface area contributed by atoms with E-state index in [-0.39, 0.29) is 17.4 Å². The van der Waals surface area contributed by atoms with E-state index in [1.54, 1.807) is 0 Å². The Kier molecular flexibility index (Phi) is 2.35. The molecule has 0 fully saturated rings. The number of hydrogen-bond donors (Lipinski definition) is 2. The lowest BCUT2D eigenvalue weighted by atomic mass is 9.88. The van der Waals surface area contributed by atoms with Crippen LogP contribution in [0.2, 0.25) is 0 Å². The van der Waals surface area contributed by atoms with Gasteiger partial charge in [-0.15, -0.1) is 0 Å². The second kappa shape index (κ2) is 3.13. The number of nitrogens with one attached hydrogen (secondary N) is 1. The summed E-state index contributed by atoms with van der Waals surface area (Å²) in [6.07, 6.45) is 2.18. The average molecular weight is 169 g/mol. The van der Waals surface area contributed by atoms with Gasteiger partial charge in [0.25, 0.3) is 0 Å². The lowest BCUT2D eigenvalue weighted by molar-refractivity contribution is -0.121. The molecule has 12 heavy (non-hydrogen) atoms. The maximum atomic E-state index is 11.1. The Morgan fingerprint density at radius 3 is 2.58 bits per heavy atom. The molecule has 0 aromatic rings. The predicted octanol–water partition coefficient (Wildman–Crippen LogP) is 0.380. The van der Waals surface area contributed by atoms with Crippen LogP contribution in [0.15, 0.2) is 4.99 Å². The minimum absolute atomic E-state index is 0.0220. The predicted molar refractivity (Wildman–Crippen MR) is 47.7 cm³/mol. The maximum absolute atomic E-state index is 11.1. The van der Waals surface area contributed by atoms with Crippen LogP contribution in [0.1, 0.15) is 33.1 Å². The first-order chi connectivity index (χ1) is 5.62. The number of guanidine groups is 1. The van der Waals surface area contributed by atoms with Crippen molar-refractivity contribution in [3.63, 3.8) is 0 Å². The van der Waals surface area contributed by atoms with E-state index in [1.807, 2.05) is 13.8 Å². The molecule has 1 heterocycles. The maximum Gasteiger partial charge on any atom is 0.229 e. The average Bonchev–Trinajstić information content (AvgIpc) is 2.02. The molecule has 0 saturated carbocycles. The molecule has 4 nitrogen and oxygen atoms in total. The molecule has 0 unspecified atom stereocenters. The number of nitrogens with two attached hydrogens (primary N) is 1. The summed E-state index contributed by atoms with van der Waals surface area (Å²) in [6.45, 7) is 4.05. The Balaban J connectivity index is 2.89. The summed E-state index contributed by atoms with van der Waals surface area (Å²) in [7, 11) is 0. The van der Waals surface area contributed by atoms with Crippen LogP contribution >= 0.6 is 0 Å². The van der Waals surface area contributed by atoms with E-state index in [4.69, 9.17) is 5.73 Å². The lowest BCUT2D eigenvalue weighted by Gasteiger charge is -2.30. The molecule has 0 bridgehead atoms. The Labute approximate surface area is 72.2 Å². The van der Waals surface area contributed by atoms with E-state index in [9.17, 15) is 4.79 Å². The minimum Gasteiger partial charge on any atom is -0.370 e. The zero-order valence-electron chi connectivity index (χ0n) is 7.55. The molecule has 0 spiro atoms. The van der Waals surface area contributed by atoms with Crippen LogP contribution in [0.3, 0.4) is 0 Å². The van der Waals surface area contributed by atoms with Crippen LogP contribution in [-0.4, -0.2) is 17.4 Å². The normalized spacial score (nSPS) is 21.5. The summed E-state index contributed by atoms with van der Waals surface area (Å²) in [6, 6.07) is 0. The van der Waals surface area contributed by atoms with E-state index in [1.165, 1.54) is 0 Å². The number of nitrogens with zero attached hydrogens (tertiary/aromatic N) is 1. The van der Waals surface area contributed by atoms with E-state index < -0.39 is 0 Å². The van der Waals surface area contributed by atoms with Gasteiger partial charge >= 0.3 is 0 Å². The van der Waals surface area contributed by atoms with Crippen molar-refractivity contribution in [2.24, 2.45) is 10.7 Å². The highest BCUT2D eigenvalue weighted by molar-refractivity contribution is 5.98. The molecule has 0 saturated heterocycles. The van der Waals surface area contributed by atoms with Gasteiger partial charge in [0.05, 0.1) is 12.0 Å². The van der Waals surface area contributed by atoms with Gasteiger partial charge < -0.3 is 5.73 Å². The quantitative estimate of drug-likeness (QED) is 0.627. The molecule has 1 aliphatic heterocycles. The largest absolute Gasteiger partial charge is 0.370 e. The van der Waals surface area contributed by atoms with Gasteiger partial charge in [0.15, 0.2) is 5.96 Å². The molecular weight excluding hydrogens is 154 g/mol. The highest BCUT2D eigenvalue weighted by atomic mass is 16.1. The summed E-state index contributed by atoms with van der Waals surface area (Å²) < 4.78 is 0. The van der Waals surface area contributed by atoms with Gasteiger partial charge in [-0.2, -0.15) is 0 Å². The first-order valence-electron chi connectivity index (χ1n) is 4.27. The van der Waals surface area contributed by atoms with Gasteiger partial charge in [0.2, 0.25) is 5.91 Å². The van der Waals surface area contributed by atoms with E-state index >= 15 is 0 Å². The minimum atomic E-state index is -0.244. The Morgan fingerprint density at radius 2 is 2.17 bits per heavy atom. The van der Waals surface area contributed by atoms with Crippen molar-refractivity contribution in [3.05, 3.63) is 0 Å². The van der Waals surface area contributed by atoms with E-state index in [2.05, 4.69) is 10.3 Å². The number of carbonyl (C=O) groups is 1. The molecule has 4 heteroatoms. The highest BCUT2D eigenvalue weighted by Crippen LogP contribution is 2.26. The van der Waals surface area contributed by atoms with Crippen LogP contribution in [0.25, 0.3) is 0 Å². The van der Waals surface area contributed by atoms with Crippen LogP contribution in [0.5, 0.6) is 0 Å². The smallest absolute Gasteiger partial charge is 0.229 e. The number of carbonyl (C=O) groups excluding carboxylic acids is 1. The zero-order chi connectivity index (χ0) is 9.19. The third kappa shape index (κ3) is 1.57. The Hall–Kier alpha value is -1.06. The van der Waals surface area contributed by atoms with Gasteiger partial charge in [-0.1, -0.05) is 13.8 Å². The molecule has 0 radical (unpaired) electrons. The molecule has 0 atom stereocenters. The number of amides is 1. The Bertz CT molecular complexity index is 218. The van der Waals surface area contributed by atoms with Crippen LogP contribution < -0.4 is 11.1 Å². The second-order valence-electron chi connectivity index (χ2n) is 3.15. The van der Waals surface area contributed by atoms with Crippen LogP contribution in [0, 0.1) is 0 Å².